The lowest BCUT2D eigenvalue weighted by molar-refractivity contribution is 1.05. The van der Waals surface area contributed by atoms with Crippen LogP contribution in [0.15, 0.2) is 18.2 Å². The smallest absolute Gasteiger partial charge is 0.224 e. The van der Waals surface area contributed by atoms with Crippen molar-refractivity contribution < 1.29 is 0 Å². The maximum absolute atomic E-state index is 6.05. The normalized spacial score (nSPS) is 10.4. The van der Waals surface area contributed by atoms with Crippen molar-refractivity contribution >= 4 is 41.4 Å². The molecular formula is C9H6Cl2N4S. The molecule has 0 bridgehead atoms. The van der Waals surface area contributed by atoms with Crippen molar-refractivity contribution in [2.75, 3.05) is 5.73 Å². The summed E-state index contributed by atoms with van der Waals surface area (Å²) in [7, 11) is 0. The Labute approximate surface area is 106 Å². The number of nitrogens with one attached hydrogen (secondary N) is 1. The van der Waals surface area contributed by atoms with Gasteiger partial charge in [-0.05, 0) is 24.4 Å². The van der Waals surface area contributed by atoms with Crippen LogP contribution in [0.1, 0.15) is 0 Å². The predicted molar refractivity (Wildman–Crippen MR) is 67.1 cm³/mol. The number of rotatable bonds is 1. The largest absolute Gasteiger partial charge is 0.369 e. The van der Waals surface area contributed by atoms with E-state index in [4.69, 9.17) is 41.2 Å². The van der Waals surface area contributed by atoms with Crippen LogP contribution in [0.25, 0.3) is 11.4 Å². The number of nitrogens with two attached hydrogens (primary N) is 1. The van der Waals surface area contributed by atoms with E-state index in [0.717, 1.165) is 0 Å². The number of aromatic nitrogens is 3. The molecule has 1 aromatic heterocycles. The summed E-state index contributed by atoms with van der Waals surface area (Å²) in [6.07, 6.45) is 0. The lowest BCUT2D eigenvalue weighted by atomic mass is 10.2. The van der Waals surface area contributed by atoms with E-state index in [0.29, 0.717) is 21.4 Å². The summed E-state index contributed by atoms with van der Waals surface area (Å²) in [5.74, 6) is 0.635. The average Bonchev–Trinajstić information content (AvgIpc) is 2.20. The van der Waals surface area contributed by atoms with Crippen LogP contribution < -0.4 is 5.73 Å². The minimum atomic E-state index is 0.155. The number of anilines is 1. The zero-order valence-corrected chi connectivity index (χ0v) is 10.2. The molecule has 0 aliphatic carbocycles. The standard InChI is InChI=1S/C9H6Cl2N4S/c10-5-3-1-2-4(6(5)11)7-13-8(12)15-9(16)14-7/h1-3H,(H3,12,13,14,15,16). The first-order valence-corrected chi connectivity index (χ1v) is 5.42. The Morgan fingerprint density at radius 2 is 2.00 bits per heavy atom. The van der Waals surface area contributed by atoms with Crippen LogP contribution in [0.4, 0.5) is 5.95 Å². The fourth-order valence-corrected chi connectivity index (χ4v) is 1.79. The highest BCUT2D eigenvalue weighted by molar-refractivity contribution is 7.71. The highest BCUT2D eigenvalue weighted by atomic mass is 35.5. The summed E-state index contributed by atoms with van der Waals surface area (Å²) in [5, 5.41) is 0.837. The van der Waals surface area contributed by atoms with E-state index >= 15 is 0 Å². The van der Waals surface area contributed by atoms with Crippen molar-refractivity contribution in [2.45, 2.75) is 0 Å². The molecule has 0 saturated carbocycles. The van der Waals surface area contributed by atoms with Gasteiger partial charge in [0.05, 0.1) is 10.0 Å². The molecule has 7 heteroatoms. The van der Waals surface area contributed by atoms with Crippen molar-refractivity contribution in [2.24, 2.45) is 0 Å². The third-order valence-corrected chi connectivity index (χ3v) is 2.88. The van der Waals surface area contributed by atoms with Gasteiger partial charge in [-0.3, -0.25) is 0 Å². The Bertz CT molecular complexity index is 596. The van der Waals surface area contributed by atoms with Crippen LogP contribution in [-0.4, -0.2) is 15.0 Å². The van der Waals surface area contributed by atoms with Gasteiger partial charge in [0.1, 0.15) is 5.82 Å². The predicted octanol–water partition coefficient (Wildman–Crippen LogP) is 3.09. The molecule has 0 unspecified atom stereocenters. The van der Waals surface area contributed by atoms with E-state index in [2.05, 4.69) is 15.0 Å². The maximum Gasteiger partial charge on any atom is 0.224 e. The van der Waals surface area contributed by atoms with Gasteiger partial charge in [0.15, 0.2) is 0 Å². The van der Waals surface area contributed by atoms with Crippen LogP contribution >= 0.6 is 35.4 Å². The fourth-order valence-electron chi connectivity index (χ4n) is 1.22. The first kappa shape index (κ1) is 11.3. The van der Waals surface area contributed by atoms with Crippen molar-refractivity contribution in [3.63, 3.8) is 0 Å². The van der Waals surface area contributed by atoms with Crippen molar-refractivity contribution in [3.8, 4) is 11.4 Å². The van der Waals surface area contributed by atoms with Crippen LogP contribution in [0.2, 0.25) is 10.0 Å². The first-order chi connectivity index (χ1) is 7.58. The Balaban J connectivity index is 2.67. The molecule has 3 N–H and O–H groups in total. The second kappa shape index (κ2) is 4.37. The van der Waals surface area contributed by atoms with E-state index in [1.54, 1.807) is 18.2 Å². The summed E-state index contributed by atoms with van der Waals surface area (Å²) < 4.78 is 0.155. The molecule has 0 radical (unpaired) electrons. The average molecular weight is 273 g/mol. The van der Waals surface area contributed by atoms with Gasteiger partial charge in [0.2, 0.25) is 10.7 Å². The van der Waals surface area contributed by atoms with Gasteiger partial charge >= 0.3 is 0 Å². The van der Waals surface area contributed by atoms with Crippen molar-refractivity contribution in [1.29, 1.82) is 0 Å². The Morgan fingerprint density at radius 1 is 1.25 bits per heavy atom. The summed E-state index contributed by atoms with van der Waals surface area (Å²) in [4.78, 5) is 10.6. The topological polar surface area (TPSA) is 67.6 Å². The van der Waals surface area contributed by atoms with E-state index in [-0.39, 0.29) is 10.7 Å². The maximum atomic E-state index is 6.05. The lowest BCUT2D eigenvalue weighted by Gasteiger charge is -2.05. The molecule has 4 nitrogen and oxygen atoms in total. The van der Waals surface area contributed by atoms with E-state index in [1.807, 2.05) is 0 Å². The fraction of sp³-hybridized carbons (Fsp3) is 0. The number of hydrogen-bond acceptors (Lipinski definition) is 4. The molecule has 0 aliphatic rings. The second-order valence-corrected chi connectivity index (χ2v) is 4.12. The molecular weight excluding hydrogens is 267 g/mol. The molecule has 1 aromatic carbocycles. The summed E-state index contributed by atoms with van der Waals surface area (Å²) in [5.41, 5.74) is 6.17. The highest BCUT2D eigenvalue weighted by Crippen LogP contribution is 2.31. The molecule has 0 aliphatic heterocycles. The van der Waals surface area contributed by atoms with Gasteiger partial charge in [0.25, 0.3) is 0 Å². The van der Waals surface area contributed by atoms with E-state index in [1.165, 1.54) is 0 Å². The third kappa shape index (κ3) is 2.16. The molecule has 0 saturated heterocycles. The number of nitrogens with zero attached hydrogens (tertiary/aromatic N) is 2. The Kier molecular flexibility index (Phi) is 3.09. The van der Waals surface area contributed by atoms with E-state index in [9.17, 15) is 0 Å². The SMILES string of the molecule is Nc1nc(=S)nc(-c2cccc(Cl)c2Cl)[nH]1. The van der Waals surface area contributed by atoms with Crippen LogP contribution in [0, 0.1) is 4.77 Å². The summed E-state index contributed by atoms with van der Waals surface area (Å²) in [6, 6.07) is 5.21. The van der Waals surface area contributed by atoms with Crippen molar-refractivity contribution in [3.05, 3.63) is 33.0 Å². The molecule has 0 amide bonds. The quantitative estimate of drug-likeness (QED) is 0.783. The molecule has 16 heavy (non-hydrogen) atoms. The molecule has 2 rings (SSSR count). The van der Waals surface area contributed by atoms with E-state index < -0.39 is 0 Å². The van der Waals surface area contributed by atoms with Gasteiger partial charge in [-0.2, -0.15) is 4.98 Å². The van der Waals surface area contributed by atoms with Gasteiger partial charge < -0.3 is 10.7 Å². The van der Waals surface area contributed by atoms with Crippen LogP contribution in [-0.2, 0) is 0 Å². The Hall–Kier alpha value is -1.17. The summed E-state index contributed by atoms with van der Waals surface area (Å²) in [6.45, 7) is 0. The number of halogens is 2. The highest BCUT2D eigenvalue weighted by Gasteiger charge is 2.09. The Morgan fingerprint density at radius 3 is 2.69 bits per heavy atom. The van der Waals surface area contributed by atoms with Gasteiger partial charge in [-0.25, -0.2) is 4.98 Å². The molecule has 1 heterocycles. The van der Waals surface area contributed by atoms with Crippen LogP contribution in [0.5, 0.6) is 0 Å². The number of benzene rings is 1. The number of aromatic amines is 1. The van der Waals surface area contributed by atoms with Gasteiger partial charge in [0, 0.05) is 5.56 Å². The minimum Gasteiger partial charge on any atom is -0.369 e. The van der Waals surface area contributed by atoms with Gasteiger partial charge in [-0.1, -0.05) is 29.3 Å². The molecule has 0 spiro atoms. The monoisotopic (exact) mass is 272 g/mol. The second-order valence-electron chi connectivity index (χ2n) is 2.97. The molecule has 82 valence electrons. The molecule has 0 atom stereocenters. The molecule has 0 fully saturated rings. The lowest BCUT2D eigenvalue weighted by Crippen LogP contribution is -2.00. The molecule has 2 aromatic rings. The number of H-pyrrole nitrogens is 1. The number of hydrogen-bond donors (Lipinski definition) is 2. The van der Waals surface area contributed by atoms with Crippen LogP contribution in [0.3, 0.4) is 0 Å². The first-order valence-electron chi connectivity index (χ1n) is 4.26. The minimum absolute atomic E-state index is 0.155. The van der Waals surface area contributed by atoms with Gasteiger partial charge in [-0.15, -0.1) is 0 Å². The zero-order chi connectivity index (χ0) is 11.7. The van der Waals surface area contributed by atoms with Crippen molar-refractivity contribution in [1.82, 2.24) is 15.0 Å². The third-order valence-electron chi connectivity index (χ3n) is 1.88. The zero-order valence-electron chi connectivity index (χ0n) is 7.87. The summed E-state index contributed by atoms with van der Waals surface area (Å²) >= 11 is 16.8. The number of nitrogen functional groups attached to an aromatic ring is 1.